The first-order valence-electron chi connectivity index (χ1n) is 6.68. The summed E-state index contributed by atoms with van der Waals surface area (Å²) < 4.78 is 38.8. The highest BCUT2D eigenvalue weighted by molar-refractivity contribution is 8.14. The number of fused-ring (bicyclic) bond motifs is 1. The Kier molecular flexibility index (Phi) is 3.67. The summed E-state index contributed by atoms with van der Waals surface area (Å²) in [5, 5.41) is 3.48. The molecule has 2 nitrogen and oxygen atoms in total. The first kappa shape index (κ1) is 13.8. The lowest BCUT2D eigenvalue weighted by Crippen LogP contribution is -2.25. The van der Waals surface area contributed by atoms with Crippen LogP contribution in [0.15, 0.2) is 29.3 Å². The van der Waals surface area contributed by atoms with Gasteiger partial charge in [0.25, 0.3) is 0 Å². The summed E-state index contributed by atoms with van der Waals surface area (Å²) in [6.45, 7) is 0. The van der Waals surface area contributed by atoms with Gasteiger partial charge in [-0.2, -0.15) is 13.2 Å². The van der Waals surface area contributed by atoms with Crippen LogP contribution in [-0.4, -0.2) is 17.0 Å². The van der Waals surface area contributed by atoms with Crippen LogP contribution in [0.2, 0.25) is 0 Å². The molecule has 0 spiro atoms. The van der Waals surface area contributed by atoms with Crippen LogP contribution < -0.4 is 5.32 Å². The molecule has 2 aliphatic rings. The van der Waals surface area contributed by atoms with Gasteiger partial charge < -0.3 is 5.32 Å². The molecule has 20 heavy (non-hydrogen) atoms. The summed E-state index contributed by atoms with van der Waals surface area (Å²) in [7, 11) is 0. The number of nitrogens with one attached hydrogen (secondary N) is 1. The van der Waals surface area contributed by atoms with Crippen molar-refractivity contribution in [3.8, 4) is 0 Å². The van der Waals surface area contributed by atoms with Gasteiger partial charge in [-0.1, -0.05) is 30.3 Å². The van der Waals surface area contributed by atoms with E-state index in [9.17, 15) is 13.2 Å². The second-order valence-corrected chi connectivity index (χ2v) is 6.18. The maximum Gasteiger partial charge on any atom is 0.418 e. The quantitative estimate of drug-likeness (QED) is 0.832. The van der Waals surface area contributed by atoms with Crippen molar-refractivity contribution in [3.63, 3.8) is 0 Å². The van der Waals surface area contributed by atoms with Crippen molar-refractivity contribution in [1.82, 2.24) is 0 Å². The van der Waals surface area contributed by atoms with Gasteiger partial charge >= 0.3 is 6.18 Å². The minimum absolute atomic E-state index is 0.0858. The molecule has 1 fully saturated rings. The lowest BCUT2D eigenvalue weighted by Gasteiger charge is -2.24. The van der Waals surface area contributed by atoms with Gasteiger partial charge in [0.1, 0.15) is 0 Å². The van der Waals surface area contributed by atoms with E-state index >= 15 is 0 Å². The summed E-state index contributed by atoms with van der Waals surface area (Å²) in [5.74, 6) is 1.55. The standard InChI is InChI=1S/C14H15F3N2S/c15-14(16,17)10-5-1-2-6-12(10)19-13-18-11-7-3-4-9(11)8-20-13/h1-2,5-6,9,11H,3-4,7-8H2,(H,18,19). The Morgan fingerprint density at radius 1 is 1.20 bits per heavy atom. The molecular weight excluding hydrogens is 285 g/mol. The predicted molar refractivity (Wildman–Crippen MR) is 76.1 cm³/mol. The number of hydrogen-bond donors (Lipinski definition) is 1. The number of thioether (sulfide) groups is 1. The minimum Gasteiger partial charge on any atom is -0.334 e. The fourth-order valence-corrected chi connectivity index (χ4v) is 3.93. The van der Waals surface area contributed by atoms with E-state index in [1.54, 1.807) is 6.07 Å². The number of alkyl halides is 3. The average molecular weight is 300 g/mol. The molecule has 0 aromatic heterocycles. The average Bonchev–Trinajstić information content (AvgIpc) is 2.85. The molecular formula is C14H15F3N2S. The van der Waals surface area contributed by atoms with Crippen molar-refractivity contribution in [1.29, 1.82) is 0 Å². The van der Waals surface area contributed by atoms with Crippen LogP contribution in [0.1, 0.15) is 24.8 Å². The normalized spacial score (nSPS) is 26.1. The molecule has 2 unspecified atom stereocenters. The maximum absolute atomic E-state index is 12.9. The third-order valence-electron chi connectivity index (χ3n) is 3.81. The van der Waals surface area contributed by atoms with Gasteiger partial charge in [-0.25, -0.2) is 0 Å². The first-order valence-corrected chi connectivity index (χ1v) is 7.66. The van der Waals surface area contributed by atoms with E-state index in [0.717, 1.165) is 18.2 Å². The second-order valence-electron chi connectivity index (χ2n) is 5.17. The molecule has 0 amide bonds. The minimum atomic E-state index is -4.35. The van der Waals surface area contributed by atoms with Crippen LogP contribution in [0.4, 0.5) is 18.9 Å². The molecule has 0 radical (unpaired) electrons. The van der Waals surface area contributed by atoms with Crippen LogP contribution in [0.25, 0.3) is 0 Å². The van der Waals surface area contributed by atoms with Crippen LogP contribution in [0.3, 0.4) is 0 Å². The van der Waals surface area contributed by atoms with Crippen molar-refractivity contribution >= 4 is 22.6 Å². The first-order chi connectivity index (χ1) is 9.54. The number of hydrogen-bond acceptors (Lipinski definition) is 3. The summed E-state index contributed by atoms with van der Waals surface area (Å²) in [6, 6.07) is 5.83. The van der Waals surface area contributed by atoms with Crippen molar-refractivity contribution in [2.24, 2.45) is 10.9 Å². The van der Waals surface area contributed by atoms with Gasteiger partial charge in [0, 0.05) is 5.75 Å². The second kappa shape index (κ2) is 5.31. The Morgan fingerprint density at radius 2 is 2.00 bits per heavy atom. The molecule has 1 saturated carbocycles. The number of nitrogens with zero attached hydrogens (tertiary/aromatic N) is 1. The summed E-state index contributed by atoms with van der Waals surface area (Å²) >= 11 is 1.53. The third-order valence-corrected chi connectivity index (χ3v) is 4.89. The van der Waals surface area contributed by atoms with E-state index < -0.39 is 11.7 Å². The van der Waals surface area contributed by atoms with E-state index in [1.165, 1.54) is 36.7 Å². The van der Waals surface area contributed by atoms with Gasteiger partial charge in [-0.15, -0.1) is 0 Å². The van der Waals surface area contributed by atoms with Crippen LogP contribution in [-0.2, 0) is 6.18 Å². The highest BCUT2D eigenvalue weighted by atomic mass is 32.2. The highest BCUT2D eigenvalue weighted by Crippen LogP contribution is 2.38. The Morgan fingerprint density at radius 3 is 2.80 bits per heavy atom. The number of benzene rings is 1. The Bertz CT molecular complexity index is 527. The number of amidine groups is 1. The Labute approximate surface area is 119 Å². The predicted octanol–water partition coefficient (Wildman–Crippen LogP) is 4.39. The lowest BCUT2D eigenvalue weighted by atomic mass is 10.1. The number of halogens is 3. The Balaban J connectivity index is 1.82. The topological polar surface area (TPSA) is 24.4 Å². The van der Waals surface area contributed by atoms with E-state index in [2.05, 4.69) is 10.3 Å². The van der Waals surface area contributed by atoms with E-state index in [4.69, 9.17) is 0 Å². The molecule has 1 aromatic rings. The molecule has 2 atom stereocenters. The number of para-hydroxylation sites is 1. The smallest absolute Gasteiger partial charge is 0.334 e. The van der Waals surface area contributed by atoms with Gasteiger partial charge in [-0.05, 0) is 30.9 Å². The zero-order valence-corrected chi connectivity index (χ0v) is 11.6. The third kappa shape index (κ3) is 2.80. The molecule has 1 heterocycles. The van der Waals surface area contributed by atoms with Crippen LogP contribution in [0.5, 0.6) is 0 Å². The number of aliphatic imine (C=N–C) groups is 1. The highest BCUT2D eigenvalue weighted by Gasteiger charge is 2.35. The van der Waals surface area contributed by atoms with E-state index in [0.29, 0.717) is 11.1 Å². The SMILES string of the molecule is FC(F)(F)c1ccccc1NC1=NC2CCCC2CS1. The fraction of sp³-hybridized carbons (Fsp3) is 0.500. The van der Waals surface area contributed by atoms with Crippen molar-refractivity contribution < 1.29 is 13.2 Å². The monoisotopic (exact) mass is 300 g/mol. The summed E-state index contributed by atoms with van der Waals surface area (Å²) in [4.78, 5) is 4.56. The molecule has 108 valence electrons. The van der Waals surface area contributed by atoms with E-state index in [1.807, 2.05) is 0 Å². The molecule has 1 aliphatic heterocycles. The molecule has 0 saturated heterocycles. The maximum atomic E-state index is 12.9. The summed E-state index contributed by atoms with van der Waals surface area (Å²) in [6.07, 6.45) is -0.934. The number of rotatable bonds is 1. The Hall–Kier alpha value is -1.17. The van der Waals surface area contributed by atoms with Gasteiger partial charge in [0.15, 0.2) is 5.17 Å². The van der Waals surface area contributed by atoms with Crippen molar-refractivity contribution in [2.45, 2.75) is 31.5 Å². The largest absolute Gasteiger partial charge is 0.418 e. The zero-order valence-electron chi connectivity index (χ0n) is 10.8. The van der Waals surface area contributed by atoms with E-state index in [-0.39, 0.29) is 11.7 Å². The van der Waals surface area contributed by atoms with Crippen molar-refractivity contribution in [2.75, 3.05) is 11.1 Å². The van der Waals surface area contributed by atoms with Crippen LogP contribution in [0, 0.1) is 5.92 Å². The number of anilines is 1. The van der Waals surface area contributed by atoms with Gasteiger partial charge in [-0.3, -0.25) is 4.99 Å². The molecule has 0 bridgehead atoms. The fourth-order valence-electron chi connectivity index (χ4n) is 2.78. The van der Waals surface area contributed by atoms with Gasteiger partial charge in [0.2, 0.25) is 0 Å². The van der Waals surface area contributed by atoms with Gasteiger partial charge in [0.05, 0.1) is 17.3 Å². The van der Waals surface area contributed by atoms with Crippen LogP contribution >= 0.6 is 11.8 Å². The summed E-state index contributed by atoms with van der Waals surface area (Å²) in [5.41, 5.74) is -0.556. The molecule has 6 heteroatoms. The molecule has 3 rings (SSSR count). The molecule has 1 aliphatic carbocycles. The van der Waals surface area contributed by atoms with Crippen molar-refractivity contribution in [3.05, 3.63) is 29.8 Å². The molecule has 1 aromatic carbocycles. The lowest BCUT2D eigenvalue weighted by molar-refractivity contribution is -0.136. The zero-order chi connectivity index (χ0) is 14.2. The molecule has 1 N–H and O–H groups in total.